The number of hydrogen-bond acceptors (Lipinski definition) is 2. The van der Waals surface area contributed by atoms with E-state index in [1.807, 2.05) is 0 Å². The second-order valence-electron chi connectivity index (χ2n) is 1.68. The van der Waals surface area contributed by atoms with Crippen LogP contribution in [0.5, 0.6) is 0 Å². The molecule has 0 N–H and O–H groups in total. The van der Waals surface area contributed by atoms with Crippen LogP contribution in [0.25, 0.3) is 0 Å². The Morgan fingerprint density at radius 2 is 2.33 bits per heavy atom. The highest BCUT2D eigenvalue weighted by Gasteiger charge is 1.90. The van der Waals surface area contributed by atoms with Gasteiger partial charge in [-0.05, 0) is 6.42 Å². The van der Waals surface area contributed by atoms with Gasteiger partial charge in [0, 0.05) is 12.8 Å². The second-order valence-corrected chi connectivity index (χ2v) is 3.34. The van der Waals surface area contributed by atoms with Crippen molar-refractivity contribution in [2.75, 3.05) is 12.8 Å². The molecule has 0 unspecified atom stereocenters. The topological polar surface area (TPSA) is 12.4 Å². The van der Waals surface area contributed by atoms with Gasteiger partial charge in [-0.25, -0.2) is 0 Å². The minimum Gasteiger partial charge on any atom is -0.271 e. The predicted molar refractivity (Wildman–Crippen MR) is 46.6 cm³/mol. The molecular formula is C6H12ClNS. The first-order chi connectivity index (χ1) is 4.31. The fourth-order valence-electron chi connectivity index (χ4n) is 0.365. The maximum Gasteiger partial charge on any atom is 0.157 e. The monoisotopic (exact) mass is 165 g/mol. The van der Waals surface area contributed by atoms with E-state index in [4.69, 9.17) is 11.6 Å². The Hall–Kier alpha value is 0.310. The van der Waals surface area contributed by atoms with Gasteiger partial charge in [0.2, 0.25) is 0 Å². The largest absolute Gasteiger partial charge is 0.271 e. The minimum absolute atomic E-state index is 0.670. The van der Waals surface area contributed by atoms with E-state index in [1.54, 1.807) is 18.8 Å². The standard InChI is InChI=1S/C6H12ClNS/c1-3-4-5-9-6(7)8-2/h3-5H2,1-2H3. The first kappa shape index (κ1) is 9.31. The van der Waals surface area contributed by atoms with Crippen molar-refractivity contribution in [3.05, 3.63) is 0 Å². The molecule has 54 valence electrons. The molecule has 0 rings (SSSR count). The van der Waals surface area contributed by atoms with Crippen molar-refractivity contribution in [3.8, 4) is 0 Å². The number of thioether (sulfide) groups is 1. The van der Waals surface area contributed by atoms with E-state index in [0.29, 0.717) is 4.50 Å². The number of aliphatic imine (C=N–C) groups is 1. The lowest BCUT2D eigenvalue weighted by Crippen LogP contribution is -1.82. The number of halogens is 1. The summed E-state index contributed by atoms with van der Waals surface area (Å²) in [4.78, 5) is 3.81. The molecule has 0 aromatic heterocycles. The van der Waals surface area contributed by atoms with Crippen LogP contribution in [0.2, 0.25) is 0 Å². The van der Waals surface area contributed by atoms with Crippen molar-refractivity contribution < 1.29 is 0 Å². The van der Waals surface area contributed by atoms with E-state index in [9.17, 15) is 0 Å². The predicted octanol–water partition coefficient (Wildman–Crippen LogP) is 2.74. The normalized spacial score (nSPS) is 12.1. The van der Waals surface area contributed by atoms with Gasteiger partial charge in [0.1, 0.15) is 0 Å². The van der Waals surface area contributed by atoms with Gasteiger partial charge in [-0.2, -0.15) is 0 Å². The van der Waals surface area contributed by atoms with Gasteiger partial charge in [0.25, 0.3) is 0 Å². The minimum atomic E-state index is 0.670. The second kappa shape index (κ2) is 6.43. The lowest BCUT2D eigenvalue weighted by Gasteiger charge is -1.93. The lowest BCUT2D eigenvalue weighted by atomic mass is 10.4. The van der Waals surface area contributed by atoms with Gasteiger partial charge in [-0.1, -0.05) is 36.7 Å². The Morgan fingerprint density at radius 3 is 2.78 bits per heavy atom. The average Bonchev–Trinajstić information content (AvgIpc) is 1.89. The maximum absolute atomic E-state index is 5.61. The highest BCUT2D eigenvalue weighted by molar-refractivity contribution is 8.16. The third-order valence-electron chi connectivity index (χ3n) is 0.895. The molecule has 0 spiro atoms. The Morgan fingerprint density at radius 1 is 1.67 bits per heavy atom. The molecule has 0 fully saturated rings. The molecule has 0 saturated carbocycles. The first-order valence-electron chi connectivity index (χ1n) is 3.06. The number of unbranched alkanes of at least 4 members (excludes halogenated alkanes) is 1. The Kier molecular flexibility index (Phi) is 6.65. The van der Waals surface area contributed by atoms with Crippen LogP contribution < -0.4 is 0 Å². The lowest BCUT2D eigenvalue weighted by molar-refractivity contribution is 0.898. The van der Waals surface area contributed by atoms with Crippen molar-refractivity contribution in [1.82, 2.24) is 0 Å². The van der Waals surface area contributed by atoms with Crippen LogP contribution in [0.4, 0.5) is 0 Å². The van der Waals surface area contributed by atoms with Gasteiger partial charge < -0.3 is 0 Å². The summed E-state index contributed by atoms with van der Waals surface area (Å²) < 4.78 is 0.670. The molecule has 0 aliphatic rings. The number of nitrogens with zero attached hydrogens (tertiary/aromatic N) is 1. The third-order valence-corrected chi connectivity index (χ3v) is 2.30. The van der Waals surface area contributed by atoms with Crippen molar-refractivity contribution >= 4 is 27.9 Å². The molecule has 0 amide bonds. The maximum atomic E-state index is 5.61. The molecule has 0 bridgehead atoms. The molecule has 0 saturated heterocycles. The molecule has 3 heteroatoms. The molecule has 0 aliphatic carbocycles. The summed E-state index contributed by atoms with van der Waals surface area (Å²) in [6, 6.07) is 0. The van der Waals surface area contributed by atoms with Gasteiger partial charge >= 0.3 is 0 Å². The summed E-state index contributed by atoms with van der Waals surface area (Å²) in [6.07, 6.45) is 2.44. The van der Waals surface area contributed by atoms with E-state index in [-0.39, 0.29) is 0 Å². The molecule has 9 heavy (non-hydrogen) atoms. The molecule has 0 aromatic rings. The zero-order chi connectivity index (χ0) is 7.11. The summed E-state index contributed by atoms with van der Waals surface area (Å²) in [5.41, 5.74) is 0. The van der Waals surface area contributed by atoms with Crippen molar-refractivity contribution in [2.45, 2.75) is 19.8 Å². The highest BCUT2D eigenvalue weighted by atomic mass is 35.5. The van der Waals surface area contributed by atoms with Crippen LogP contribution in [0.3, 0.4) is 0 Å². The van der Waals surface area contributed by atoms with E-state index < -0.39 is 0 Å². The van der Waals surface area contributed by atoms with Crippen LogP contribution >= 0.6 is 23.4 Å². The Balaban J connectivity index is 3.07. The molecule has 1 nitrogen and oxygen atoms in total. The average molecular weight is 166 g/mol. The summed E-state index contributed by atoms with van der Waals surface area (Å²) >= 11 is 7.23. The van der Waals surface area contributed by atoms with Crippen LogP contribution in [0.15, 0.2) is 4.99 Å². The van der Waals surface area contributed by atoms with E-state index in [0.717, 1.165) is 5.75 Å². The van der Waals surface area contributed by atoms with E-state index in [1.165, 1.54) is 12.8 Å². The van der Waals surface area contributed by atoms with Crippen LogP contribution in [-0.4, -0.2) is 17.3 Å². The number of hydrogen-bond donors (Lipinski definition) is 0. The quantitative estimate of drug-likeness (QED) is 0.356. The zero-order valence-corrected chi connectivity index (χ0v) is 7.43. The van der Waals surface area contributed by atoms with E-state index >= 15 is 0 Å². The summed E-state index contributed by atoms with van der Waals surface area (Å²) in [5.74, 6) is 1.09. The molecule has 0 aliphatic heterocycles. The smallest absolute Gasteiger partial charge is 0.157 e. The summed E-state index contributed by atoms with van der Waals surface area (Å²) in [7, 11) is 1.71. The SMILES string of the molecule is CCCCSC(Cl)=NC. The zero-order valence-electron chi connectivity index (χ0n) is 5.85. The van der Waals surface area contributed by atoms with Crippen molar-refractivity contribution in [2.24, 2.45) is 4.99 Å². The van der Waals surface area contributed by atoms with Gasteiger partial charge in [-0.15, -0.1) is 0 Å². The molecule has 0 radical (unpaired) electrons. The summed E-state index contributed by atoms with van der Waals surface area (Å²) in [5, 5.41) is 0. The van der Waals surface area contributed by atoms with Gasteiger partial charge in [0.05, 0.1) is 0 Å². The molecule has 0 aromatic carbocycles. The summed E-state index contributed by atoms with van der Waals surface area (Å²) in [6.45, 7) is 2.16. The van der Waals surface area contributed by atoms with Crippen LogP contribution in [0, 0.1) is 0 Å². The van der Waals surface area contributed by atoms with Crippen molar-refractivity contribution in [1.29, 1.82) is 0 Å². The highest BCUT2D eigenvalue weighted by Crippen LogP contribution is 2.09. The van der Waals surface area contributed by atoms with Crippen LogP contribution in [0.1, 0.15) is 19.8 Å². The fraction of sp³-hybridized carbons (Fsp3) is 0.833. The first-order valence-corrected chi connectivity index (χ1v) is 4.42. The Bertz CT molecular complexity index is 93.1. The number of rotatable bonds is 3. The Labute approximate surface area is 65.9 Å². The fourth-order valence-corrected chi connectivity index (χ4v) is 1.33. The van der Waals surface area contributed by atoms with Crippen LogP contribution in [-0.2, 0) is 0 Å². The van der Waals surface area contributed by atoms with E-state index in [2.05, 4.69) is 11.9 Å². The van der Waals surface area contributed by atoms with Crippen molar-refractivity contribution in [3.63, 3.8) is 0 Å². The molecule has 0 atom stereocenters. The van der Waals surface area contributed by atoms with Gasteiger partial charge in [0.15, 0.2) is 4.50 Å². The van der Waals surface area contributed by atoms with Gasteiger partial charge in [-0.3, -0.25) is 4.99 Å². The molecule has 0 heterocycles. The third kappa shape index (κ3) is 6.19. The molecular weight excluding hydrogens is 154 g/mol.